The number of nitrogens with zero attached hydrogens (tertiary/aromatic N) is 1. The Bertz CT molecular complexity index is 543. The lowest BCUT2D eigenvalue weighted by Crippen LogP contribution is -2.40. The van der Waals surface area contributed by atoms with Crippen LogP contribution < -0.4 is 5.73 Å². The first-order valence-corrected chi connectivity index (χ1v) is 7.40. The highest BCUT2D eigenvalue weighted by atomic mass is 19.1. The first-order valence-electron chi connectivity index (χ1n) is 7.40. The molecule has 1 atom stereocenters. The molecule has 0 aliphatic carbocycles. The lowest BCUT2D eigenvalue weighted by Gasteiger charge is -2.29. The number of carbonyl (C=O) groups excluding carboxylic acids is 2. The lowest BCUT2D eigenvalue weighted by molar-refractivity contribution is -0.131. The molecule has 0 radical (unpaired) electrons. The third-order valence-corrected chi connectivity index (χ3v) is 3.68. The number of rotatable bonds is 7. The first-order chi connectivity index (χ1) is 10.2. The van der Waals surface area contributed by atoms with Crippen molar-refractivity contribution < 1.29 is 14.0 Å². The minimum Gasteiger partial charge on any atom is -0.345 e. The molecule has 0 aliphatic rings. The second-order valence-corrected chi connectivity index (χ2v) is 6.60. The summed E-state index contributed by atoms with van der Waals surface area (Å²) in [6.45, 7) is 6.66. The van der Waals surface area contributed by atoms with Crippen molar-refractivity contribution in [1.82, 2.24) is 4.90 Å². The van der Waals surface area contributed by atoms with E-state index in [9.17, 15) is 14.0 Å². The summed E-state index contributed by atoms with van der Waals surface area (Å²) < 4.78 is 13.2. The highest BCUT2D eigenvalue weighted by molar-refractivity contribution is 5.99. The van der Waals surface area contributed by atoms with Crippen LogP contribution in [-0.4, -0.2) is 36.7 Å². The quantitative estimate of drug-likeness (QED) is 0.787. The number of benzene rings is 1. The third-order valence-electron chi connectivity index (χ3n) is 3.68. The van der Waals surface area contributed by atoms with Crippen molar-refractivity contribution in [2.24, 2.45) is 17.1 Å². The van der Waals surface area contributed by atoms with Gasteiger partial charge in [-0.1, -0.05) is 32.9 Å². The molecule has 0 aromatic heterocycles. The zero-order valence-electron chi connectivity index (χ0n) is 13.7. The molecule has 0 heterocycles. The first kappa shape index (κ1) is 18.3. The van der Waals surface area contributed by atoms with Crippen LogP contribution in [0.2, 0.25) is 0 Å². The van der Waals surface area contributed by atoms with Gasteiger partial charge in [-0.2, -0.15) is 0 Å². The van der Waals surface area contributed by atoms with E-state index in [1.165, 1.54) is 18.2 Å². The summed E-state index contributed by atoms with van der Waals surface area (Å²) in [7, 11) is 1.71. The van der Waals surface area contributed by atoms with Crippen LogP contribution in [0.15, 0.2) is 24.3 Å². The summed E-state index contributed by atoms with van der Waals surface area (Å²) in [5.41, 5.74) is 5.80. The number of hydrogen-bond donors (Lipinski definition) is 1. The van der Waals surface area contributed by atoms with Crippen LogP contribution in [0.25, 0.3) is 0 Å². The van der Waals surface area contributed by atoms with Crippen molar-refractivity contribution in [3.05, 3.63) is 35.6 Å². The molecule has 5 heteroatoms. The molecular weight excluding hydrogens is 283 g/mol. The van der Waals surface area contributed by atoms with Gasteiger partial charge in [0.1, 0.15) is 5.82 Å². The summed E-state index contributed by atoms with van der Waals surface area (Å²) in [6.07, 6.45) is 0.104. The number of Topliss-reactive ketones (excluding diaryl/α,β-unsaturated/α-hetero) is 1. The molecule has 1 amide bonds. The molecule has 4 nitrogen and oxygen atoms in total. The number of amides is 1. The van der Waals surface area contributed by atoms with Crippen molar-refractivity contribution in [2.75, 3.05) is 20.1 Å². The van der Waals surface area contributed by atoms with E-state index in [4.69, 9.17) is 5.73 Å². The van der Waals surface area contributed by atoms with Crippen LogP contribution in [0.5, 0.6) is 0 Å². The van der Waals surface area contributed by atoms with Crippen molar-refractivity contribution >= 4 is 11.7 Å². The largest absolute Gasteiger partial charge is 0.345 e. The van der Waals surface area contributed by atoms with E-state index >= 15 is 0 Å². The van der Waals surface area contributed by atoms with Gasteiger partial charge in [0.25, 0.3) is 0 Å². The zero-order valence-corrected chi connectivity index (χ0v) is 13.7. The summed E-state index contributed by atoms with van der Waals surface area (Å²) in [6, 6.07) is 5.54. The van der Waals surface area contributed by atoms with Gasteiger partial charge in [-0.05, 0) is 24.1 Å². The monoisotopic (exact) mass is 308 g/mol. The van der Waals surface area contributed by atoms with E-state index in [0.717, 1.165) is 0 Å². The van der Waals surface area contributed by atoms with Crippen molar-refractivity contribution in [3.63, 3.8) is 0 Å². The predicted molar refractivity (Wildman–Crippen MR) is 85.0 cm³/mol. The average molecular weight is 308 g/mol. The van der Waals surface area contributed by atoms with E-state index < -0.39 is 11.7 Å². The predicted octanol–water partition coefficient (Wildman–Crippen LogP) is 2.48. The molecule has 0 fully saturated rings. The SMILES string of the molecule is CC(CC(=O)N(C)CC(C)(C)CN)C(=O)c1cccc(F)c1. The van der Waals surface area contributed by atoms with E-state index in [2.05, 4.69) is 0 Å². The van der Waals surface area contributed by atoms with E-state index in [1.807, 2.05) is 13.8 Å². The van der Waals surface area contributed by atoms with Gasteiger partial charge in [0.2, 0.25) is 5.91 Å². The normalized spacial score (nSPS) is 12.8. The topological polar surface area (TPSA) is 63.4 Å². The third kappa shape index (κ3) is 5.22. The summed E-state index contributed by atoms with van der Waals surface area (Å²) >= 11 is 0. The summed E-state index contributed by atoms with van der Waals surface area (Å²) in [4.78, 5) is 26.0. The van der Waals surface area contributed by atoms with Crippen molar-refractivity contribution in [1.29, 1.82) is 0 Å². The van der Waals surface area contributed by atoms with E-state index in [-0.39, 0.29) is 23.5 Å². The fourth-order valence-electron chi connectivity index (χ4n) is 2.23. The Morgan fingerprint density at radius 2 is 2.00 bits per heavy atom. The van der Waals surface area contributed by atoms with Crippen LogP contribution in [0.3, 0.4) is 0 Å². The number of ketones is 1. The number of halogens is 1. The number of hydrogen-bond acceptors (Lipinski definition) is 3. The number of nitrogens with two attached hydrogens (primary N) is 1. The summed E-state index contributed by atoms with van der Waals surface area (Å²) in [5, 5.41) is 0. The molecule has 1 unspecified atom stereocenters. The van der Waals surface area contributed by atoms with Crippen LogP contribution in [0.4, 0.5) is 4.39 Å². The molecule has 2 N–H and O–H groups in total. The van der Waals surface area contributed by atoms with Gasteiger partial charge in [-0.15, -0.1) is 0 Å². The van der Waals surface area contributed by atoms with E-state index in [1.54, 1.807) is 24.9 Å². The second-order valence-electron chi connectivity index (χ2n) is 6.60. The maximum Gasteiger partial charge on any atom is 0.223 e. The average Bonchev–Trinajstić information content (AvgIpc) is 2.45. The molecule has 22 heavy (non-hydrogen) atoms. The van der Waals surface area contributed by atoms with Crippen LogP contribution in [-0.2, 0) is 4.79 Å². The molecule has 1 aromatic carbocycles. The Labute approximate surface area is 131 Å². The molecule has 0 aliphatic heterocycles. The minimum atomic E-state index is -0.488. The lowest BCUT2D eigenvalue weighted by atomic mass is 9.92. The maximum absolute atomic E-state index is 13.2. The Morgan fingerprint density at radius 1 is 1.36 bits per heavy atom. The van der Waals surface area contributed by atoms with Crippen LogP contribution in [0.1, 0.15) is 37.6 Å². The zero-order chi connectivity index (χ0) is 16.9. The molecule has 0 spiro atoms. The van der Waals surface area contributed by atoms with Gasteiger partial charge in [0.15, 0.2) is 5.78 Å². The molecule has 0 bridgehead atoms. The minimum absolute atomic E-state index is 0.104. The van der Waals surface area contributed by atoms with Gasteiger partial charge in [0.05, 0.1) is 0 Å². The molecule has 0 saturated heterocycles. The highest BCUT2D eigenvalue weighted by Gasteiger charge is 2.24. The van der Waals surface area contributed by atoms with Crippen LogP contribution >= 0.6 is 0 Å². The smallest absolute Gasteiger partial charge is 0.223 e. The highest BCUT2D eigenvalue weighted by Crippen LogP contribution is 2.17. The molecule has 1 aromatic rings. The molecular formula is C17H25FN2O2. The van der Waals surface area contributed by atoms with Crippen molar-refractivity contribution in [2.45, 2.75) is 27.2 Å². The molecule has 1 rings (SSSR count). The Hall–Kier alpha value is -1.75. The van der Waals surface area contributed by atoms with Crippen molar-refractivity contribution in [3.8, 4) is 0 Å². The maximum atomic E-state index is 13.2. The fourth-order valence-corrected chi connectivity index (χ4v) is 2.23. The number of carbonyl (C=O) groups is 2. The van der Waals surface area contributed by atoms with Gasteiger partial charge in [-0.25, -0.2) is 4.39 Å². The fraction of sp³-hybridized carbons (Fsp3) is 0.529. The Balaban J connectivity index is 2.65. The van der Waals surface area contributed by atoms with Gasteiger partial charge in [-0.3, -0.25) is 9.59 Å². The Kier molecular flexibility index (Phi) is 6.23. The van der Waals surface area contributed by atoms with Gasteiger partial charge in [0, 0.05) is 31.5 Å². The Morgan fingerprint density at radius 3 is 2.55 bits per heavy atom. The van der Waals surface area contributed by atoms with Crippen LogP contribution in [0, 0.1) is 17.2 Å². The van der Waals surface area contributed by atoms with Gasteiger partial charge >= 0.3 is 0 Å². The second kappa shape index (κ2) is 7.49. The van der Waals surface area contributed by atoms with Gasteiger partial charge < -0.3 is 10.6 Å². The van der Waals surface area contributed by atoms with E-state index in [0.29, 0.717) is 18.7 Å². The summed E-state index contributed by atoms with van der Waals surface area (Å²) in [5.74, 6) is -1.28. The molecule has 122 valence electrons. The standard InChI is InChI=1S/C17H25FN2O2/c1-12(16(22)13-6-5-7-14(18)9-13)8-15(21)20(4)11-17(2,3)10-19/h5-7,9,12H,8,10-11,19H2,1-4H3. The molecule has 0 saturated carbocycles.